The van der Waals surface area contributed by atoms with Crippen molar-refractivity contribution < 1.29 is 17.6 Å². The summed E-state index contributed by atoms with van der Waals surface area (Å²) in [7, 11) is 0. The highest BCUT2D eigenvalue weighted by Gasteiger charge is 2.30. The lowest BCUT2D eigenvalue weighted by Crippen LogP contribution is -2.22. The molecule has 3 heterocycles. The van der Waals surface area contributed by atoms with Crippen LogP contribution in [0, 0.1) is 5.95 Å². The molecule has 0 unspecified atom stereocenters. The molecule has 0 amide bonds. The van der Waals surface area contributed by atoms with E-state index in [2.05, 4.69) is 15.1 Å². The topological polar surface area (TPSA) is 43.6 Å². The summed E-state index contributed by atoms with van der Waals surface area (Å²) in [6.45, 7) is 3.86. The second kappa shape index (κ2) is 7.61. The van der Waals surface area contributed by atoms with Gasteiger partial charge in [-0.1, -0.05) is 6.07 Å². The van der Waals surface area contributed by atoms with Gasteiger partial charge >= 0.3 is 6.18 Å². The Bertz CT molecular complexity index is 1210. The Morgan fingerprint density at radius 2 is 1.58 bits per heavy atom. The number of benzene rings is 1. The Balaban J connectivity index is 1.66. The van der Waals surface area contributed by atoms with E-state index in [9.17, 15) is 17.6 Å². The SMILES string of the molecule is CC(C)(c1cccc(-c2cccnc2F)n1)c1ccn(-c2ccc(C(F)(F)F)cc2)n1. The highest BCUT2D eigenvalue weighted by molar-refractivity contribution is 5.59. The molecule has 4 nitrogen and oxygen atoms in total. The zero-order chi connectivity index (χ0) is 22.2. The molecule has 0 bridgehead atoms. The van der Waals surface area contributed by atoms with Crippen molar-refractivity contribution >= 4 is 0 Å². The number of halogens is 4. The summed E-state index contributed by atoms with van der Waals surface area (Å²) in [6.07, 6.45) is -1.33. The molecule has 0 radical (unpaired) electrons. The number of pyridine rings is 2. The van der Waals surface area contributed by atoms with Gasteiger partial charge in [0, 0.05) is 12.4 Å². The van der Waals surface area contributed by atoms with Crippen molar-refractivity contribution in [1.29, 1.82) is 0 Å². The third kappa shape index (κ3) is 4.05. The Labute approximate surface area is 176 Å². The van der Waals surface area contributed by atoms with Gasteiger partial charge in [-0.2, -0.15) is 22.7 Å². The van der Waals surface area contributed by atoms with Crippen LogP contribution in [0.3, 0.4) is 0 Å². The van der Waals surface area contributed by atoms with E-state index in [1.807, 2.05) is 19.9 Å². The van der Waals surface area contributed by atoms with Crippen LogP contribution in [0.1, 0.15) is 30.8 Å². The summed E-state index contributed by atoms with van der Waals surface area (Å²) in [5, 5.41) is 4.55. The fourth-order valence-electron chi connectivity index (χ4n) is 3.25. The minimum absolute atomic E-state index is 0.301. The Morgan fingerprint density at radius 3 is 2.26 bits per heavy atom. The van der Waals surface area contributed by atoms with Gasteiger partial charge in [0.05, 0.1) is 39.3 Å². The third-order valence-corrected chi connectivity index (χ3v) is 5.11. The van der Waals surface area contributed by atoms with Crippen LogP contribution in [0.5, 0.6) is 0 Å². The van der Waals surface area contributed by atoms with Gasteiger partial charge in [-0.3, -0.25) is 4.98 Å². The Morgan fingerprint density at radius 1 is 0.839 bits per heavy atom. The van der Waals surface area contributed by atoms with E-state index in [1.54, 1.807) is 36.5 Å². The molecular formula is C23H18F4N4. The molecule has 0 aliphatic carbocycles. The van der Waals surface area contributed by atoms with E-state index in [-0.39, 0.29) is 0 Å². The zero-order valence-electron chi connectivity index (χ0n) is 16.7. The van der Waals surface area contributed by atoms with Gasteiger partial charge in [0.1, 0.15) is 0 Å². The van der Waals surface area contributed by atoms with Crippen molar-refractivity contribution in [2.45, 2.75) is 25.4 Å². The predicted molar refractivity (Wildman–Crippen MR) is 108 cm³/mol. The van der Waals surface area contributed by atoms with Crippen molar-refractivity contribution in [2.24, 2.45) is 0 Å². The standard InChI is InChI=1S/C23H18F4N4/c1-22(2,19-7-3-6-18(29-19)17-5-4-13-28-21(17)24)20-12-14-31(30-20)16-10-8-15(9-11-16)23(25,26)27/h3-14H,1-2H3. The lowest BCUT2D eigenvalue weighted by Gasteiger charge is -2.22. The molecule has 31 heavy (non-hydrogen) atoms. The van der Waals surface area contributed by atoms with Crippen LogP contribution in [0.4, 0.5) is 17.6 Å². The smallest absolute Gasteiger partial charge is 0.252 e. The molecule has 0 aliphatic heterocycles. The number of nitrogens with zero attached hydrogens (tertiary/aromatic N) is 4. The first kappa shape index (κ1) is 20.7. The maximum absolute atomic E-state index is 14.1. The fourth-order valence-corrected chi connectivity index (χ4v) is 3.25. The average Bonchev–Trinajstić information content (AvgIpc) is 3.25. The molecular weight excluding hydrogens is 408 g/mol. The molecule has 158 valence electrons. The van der Waals surface area contributed by atoms with E-state index in [0.717, 1.165) is 12.1 Å². The van der Waals surface area contributed by atoms with Gasteiger partial charge in [-0.05, 0) is 68.4 Å². The highest BCUT2D eigenvalue weighted by atomic mass is 19.4. The van der Waals surface area contributed by atoms with Gasteiger partial charge in [0.2, 0.25) is 5.95 Å². The van der Waals surface area contributed by atoms with Crippen LogP contribution in [-0.4, -0.2) is 19.7 Å². The normalized spacial score (nSPS) is 12.2. The second-order valence-electron chi connectivity index (χ2n) is 7.57. The quantitative estimate of drug-likeness (QED) is 0.305. The van der Waals surface area contributed by atoms with E-state index in [1.165, 1.54) is 23.0 Å². The molecule has 8 heteroatoms. The maximum atomic E-state index is 14.1. The van der Waals surface area contributed by atoms with Crippen LogP contribution in [0.2, 0.25) is 0 Å². The number of aromatic nitrogens is 4. The van der Waals surface area contributed by atoms with Gasteiger partial charge in [0.15, 0.2) is 0 Å². The first-order valence-corrected chi connectivity index (χ1v) is 9.48. The number of hydrogen-bond donors (Lipinski definition) is 0. The van der Waals surface area contributed by atoms with Gasteiger partial charge in [0.25, 0.3) is 0 Å². The molecule has 0 saturated heterocycles. The summed E-state index contributed by atoms with van der Waals surface area (Å²) in [5.41, 5.74) is 1.26. The Hall–Kier alpha value is -3.55. The largest absolute Gasteiger partial charge is 0.416 e. The van der Waals surface area contributed by atoms with Crippen molar-refractivity contribution in [3.63, 3.8) is 0 Å². The van der Waals surface area contributed by atoms with Crippen molar-refractivity contribution in [3.8, 4) is 16.9 Å². The van der Waals surface area contributed by atoms with Crippen molar-refractivity contribution in [1.82, 2.24) is 19.7 Å². The maximum Gasteiger partial charge on any atom is 0.416 e. The van der Waals surface area contributed by atoms with E-state index in [4.69, 9.17) is 0 Å². The number of alkyl halides is 3. The monoisotopic (exact) mass is 426 g/mol. The van der Waals surface area contributed by atoms with Gasteiger partial charge in [-0.25, -0.2) is 9.67 Å². The summed E-state index contributed by atoms with van der Waals surface area (Å²) >= 11 is 0. The molecule has 0 spiro atoms. The molecule has 1 aromatic carbocycles. The van der Waals surface area contributed by atoms with E-state index < -0.39 is 23.1 Å². The summed E-state index contributed by atoms with van der Waals surface area (Å²) in [4.78, 5) is 8.29. The van der Waals surface area contributed by atoms with Crippen LogP contribution >= 0.6 is 0 Å². The first-order valence-electron chi connectivity index (χ1n) is 9.48. The second-order valence-corrected chi connectivity index (χ2v) is 7.57. The molecule has 3 aromatic heterocycles. The first-order chi connectivity index (χ1) is 14.7. The molecule has 0 fully saturated rings. The molecule has 0 atom stereocenters. The van der Waals surface area contributed by atoms with Gasteiger partial charge in [-0.15, -0.1) is 0 Å². The molecule has 0 aliphatic rings. The molecule has 0 saturated carbocycles. The van der Waals surface area contributed by atoms with Crippen LogP contribution < -0.4 is 0 Å². The van der Waals surface area contributed by atoms with Crippen LogP contribution in [-0.2, 0) is 11.6 Å². The van der Waals surface area contributed by atoms with E-state index in [0.29, 0.717) is 28.3 Å². The van der Waals surface area contributed by atoms with Crippen LogP contribution in [0.15, 0.2) is 73.1 Å². The lowest BCUT2D eigenvalue weighted by molar-refractivity contribution is -0.137. The lowest BCUT2D eigenvalue weighted by atomic mass is 9.85. The molecule has 4 rings (SSSR count). The fraction of sp³-hybridized carbons (Fsp3) is 0.174. The van der Waals surface area contributed by atoms with Gasteiger partial charge < -0.3 is 0 Å². The third-order valence-electron chi connectivity index (χ3n) is 5.11. The average molecular weight is 426 g/mol. The minimum atomic E-state index is -4.39. The summed E-state index contributed by atoms with van der Waals surface area (Å²) in [6, 6.07) is 15.2. The minimum Gasteiger partial charge on any atom is -0.252 e. The van der Waals surface area contributed by atoms with Crippen molar-refractivity contribution in [3.05, 3.63) is 96.0 Å². The van der Waals surface area contributed by atoms with E-state index >= 15 is 0 Å². The highest BCUT2D eigenvalue weighted by Crippen LogP contribution is 2.32. The summed E-state index contributed by atoms with van der Waals surface area (Å²) in [5.74, 6) is -0.600. The zero-order valence-corrected chi connectivity index (χ0v) is 16.7. The summed E-state index contributed by atoms with van der Waals surface area (Å²) < 4.78 is 54.0. The van der Waals surface area contributed by atoms with Crippen LogP contribution in [0.25, 0.3) is 16.9 Å². The number of hydrogen-bond acceptors (Lipinski definition) is 3. The predicted octanol–water partition coefficient (Wildman–Crippen LogP) is 5.81. The molecule has 0 N–H and O–H groups in total. The Kier molecular flexibility index (Phi) is 5.08. The molecule has 4 aromatic rings. The number of rotatable bonds is 4. The van der Waals surface area contributed by atoms with Crippen molar-refractivity contribution in [2.75, 3.05) is 0 Å².